The molecule has 0 aliphatic rings. The first-order valence-electron chi connectivity index (χ1n) is 6.45. The highest BCUT2D eigenvalue weighted by atomic mass is 16.1. The monoisotopic (exact) mass is 249 g/mol. The van der Waals surface area contributed by atoms with Crippen molar-refractivity contribution in [3.8, 4) is 0 Å². The number of anilines is 1. The van der Waals surface area contributed by atoms with E-state index in [9.17, 15) is 4.79 Å². The minimum Gasteiger partial charge on any atom is -0.399 e. The summed E-state index contributed by atoms with van der Waals surface area (Å²) in [5.74, 6) is -0.0466. The Bertz CT molecular complexity index is 371. The second kappa shape index (κ2) is 7.01. The molecular formula is C14H23N3O. The van der Waals surface area contributed by atoms with E-state index in [1.54, 1.807) is 24.3 Å². The molecule has 0 saturated heterocycles. The maximum Gasteiger partial charge on any atom is 0.251 e. The molecule has 0 spiro atoms. The highest BCUT2D eigenvalue weighted by Gasteiger charge is 2.11. The normalized spacial score (nSPS) is 12.4. The predicted octanol–water partition coefficient (Wildman–Crippen LogP) is 1.73. The molecule has 0 aromatic heterocycles. The molecule has 0 radical (unpaired) electrons. The molecule has 0 saturated carbocycles. The number of nitrogens with zero attached hydrogens (tertiary/aromatic N) is 1. The first kappa shape index (κ1) is 14.5. The minimum atomic E-state index is -0.0466. The Morgan fingerprint density at radius 2 is 1.83 bits per heavy atom. The zero-order valence-corrected chi connectivity index (χ0v) is 11.4. The number of rotatable bonds is 6. The molecule has 1 atom stereocenters. The number of carbonyl (C=O) groups is 1. The number of hydrogen-bond acceptors (Lipinski definition) is 3. The molecule has 4 heteroatoms. The van der Waals surface area contributed by atoms with Crippen molar-refractivity contribution in [1.29, 1.82) is 0 Å². The molecule has 0 heterocycles. The van der Waals surface area contributed by atoms with E-state index in [0.29, 0.717) is 11.3 Å². The van der Waals surface area contributed by atoms with Crippen molar-refractivity contribution >= 4 is 11.6 Å². The summed E-state index contributed by atoms with van der Waals surface area (Å²) in [5.41, 5.74) is 6.91. The number of benzene rings is 1. The van der Waals surface area contributed by atoms with E-state index in [2.05, 4.69) is 24.1 Å². The van der Waals surface area contributed by atoms with Crippen molar-refractivity contribution in [3.63, 3.8) is 0 Å². The van der Waals surface area contributed by atoms with Crippen LogP contribution in [0.1, 0.15) is 31.1 Å². The van der Waals surface area contributed by atoms with Crippen molar-refractivity contribution in [2.45, 2.75) is 26.8 Å². The molecule has 0 aliphatic heterocycles. The smallest absolute Gasteiger partial charge is 0.251 e. The van der Waals surface area contributed by atoms with E-state index in [1.807, 2.05) is 6.92 Å². The summed E-state index contributed by atoms with van der Waals surface area (Å²) in [5, 5.41) is 2.99. The van der Waals surface area contributed by atoms with E-state index in [0.717, 1.165) is 19.6 Å². The van der Waals surface area contributed by atoms with Gasteiger partial charge in [0.25, 0.3) is 5.91 Å². The number of nitrogens with two attached hydrogens (primary N) is 1. The molecule has 1 aromatic rings. The average molecular weight is 249 g/mol. The van der Waals surface area contributed by atoms with Gasteiger partial charge in [-0.1, -0.05) is 13.8 Å². The Labute approximate surface area is 109 Å². The van der Waals surface area contributed by atoms with Gasteiger partial charge in [0.05, 0.1) is 0 Å². The number of likely N-dealkylation sites (N-methyl/N-ethyl adjacent to an activating group) is 1. The van der Waals surface area contributed by atoms with E-state index in [1.165, 1.54) is 0 Å². The lowest BCUT2D eigenvalue weighted by molar-refractivity contribution is 0.0930. The first-order valence-corrected chi connectivity index (χ1v) is 6.45. The zero-order valence-electron chi connectivity index (χ0n) is 11.4. The highest BCUT2D eigenvalue weighted by molar-refractivity contribution is 5.94. The van der Waals surface area contributed by atoms with E-state index < -0.39 is 0 Å². The summed E-state index contributed by atoms with van der Waals surface area (Å²) < 4.78 is 0. The maximum absolute atomic E-state index is 12.0. The lowest BCUT2D eigenvalue weighted by Crippen LogP contribution is -2.41. The number of nitrogens with one attached hydrogen (secondary N) is 1. The van der Waals surface area contributed by atoms with Gasteiger partial charge in [0.2, 0.25) is 0 Å². The Kier molecular flexibility index (Phi) is 5.65. The molecule has 4 nitrogen and oxygen atoms in total. The largest absolute Gasteiger partial charge is 0.399 e. The lowest BCUT2D eigenvalue weighted by atomic mass is 10.2. The van der Waals surface area contributed by atoms with Crippen LogP contribution in [0.3, 0.4) is 0 Å². The Hall–Kier alpha value is -1.55. The van der Waals surface area contributed by atoms with Crippen molar-refractivity contribution in [2.24, 2.45) is 0 Å². The fraction of sp³-hybridized carbons (Fsp3) is 0.500. The van der Waals surface area contributed by atoms with E-state index >= 15 is 0 Å². The fourth-order valence-corrected chi connectivity index (χ4v) is 1.86. The Balaban J connectivity index is 2.51. The van der Waals surface area contributed by atoms with Gasteiger partial charge in [-0.15, -0.1) is 0 Å². The molecule has 0 bridgehead atoms. The summed E-state index contributed by atoms with van der Waals surface area (Å²) in [6, 6.07) is 7.10. The van der Waals surface area contributed by atoms with Crippen LogP contribution in [0.2, 0.25) is 0 Å². The van der Waals surface area contributed by atoms with Gasteiger partial charge < -0.3 is 16.0 Å². The topological polar surface area (TPSA) is 58.4 Å². The van der Waals surface area contributed by atoms with Crippen molar-refractivity contribution in [2.75, 3.05) is 25.4 Å². The summed E-state index contributed by atoms with van der Waals surface area (Å²) in [6.07, 6.45) is 0. The molecule has 1 unspecified atom stereocenters. The van der Waals surface area contributed by atoms with Crippen LogP contribution in [0.4, 0.5) is 5.69 Å². The summed E-state index contributed by atoms with van der Waals surface area (Å²) in [4.78, 5) is 14.2. The zero-order chi connectivity index (χ0) is 13.5. The van der Waals surface area contributed by atoms with Gasteiger partial charge in [0, 0.05) is 23.8 Å². The van der Waals surface area contributed by atoms with Crippen LogP contribution in [0.25, 0.3) is 0 Å². The van der Waals surface area contributed by atoms with Crippen molar-refractivity contribution in [3.05, 3.63) is 29.8 Å². The Morgan fingerprint density at radius 3 is 2.33 bits per heavy atom. The molecule has 18 heavy (non-hydrogen) atoms. The summed E-state index contributed by atoms with van der Waals surface area (Å²) in [6.45, 7) is 9.13. The number of nitrogen functional groups attached to an aromatic ring is 1. The molecule has 3 N–H and O–H groups in total. The summed E-state index contributed by atoms with van der Waals surface area (Å²) in [7, 11) is 0. The van der Waals surface area contributed by atoms with Crippen molar-refractivity contribution in [1.82, 2.24) is 10.2 Å². The van der Waals surface area contributed by atoms with E-state index in [4.69, 9.17) is 5.73 Å². The second-order valence-corrected chi connectivity index (χ2v) is 4.48. The van der Waals surface area contributed by atoms with Gasteiger partial charge in [-0.3, -0.25) is 4.79 Å². The van der Waals surface area contributed by atoms with Gasteiger partial charge >= 0.3 is 0 Å². The highest BCUT2D eigenvalue weighted by Crippen LogP contribution is 2.05. The van der Waals surface area contributed by atoms with E-state index in [-0.39, 0.29) is 11.9 Å². The third-order valence-electron chi connectivity index (χ3n) is 2.98. The molecule has 1 rings (SSSR count). The first-order chi connectivity index (χ1) is 8.56. The van der Waals surface area contributed by atoms with Crippen LogP contribution >= 0.6 is 0 Å². The molecule has 0 fully saturated rings. The van der Waals surface area contributed by atoms with Crippen LogP contribution in [-0.2, 0) is 0 Å². The van der Waals surface area contributed by atoms with Crippen LogP contribution in [0.15, 0.2) is 24.3 Å². The minimum absolute atomic E-state index is 0.0466. The van der Waals surface area contributed by atoms with Gasteiger partial charge in [0.1, 0.15) is 0 Å². The number of hydrogen-bond donors (Lipinski definition) is 2. The lowest BCUT2D eigenvalue weighted by Gasteiger charge is -2.23. The SMILES string of the molecule is CCN(CC)CC(C)NC(=O)c1ccc(N)cc1. The number of carbonyl (C=O) groups excluding carboxylic acids is 1. The molecule has 1 aromatic carbocycles. The summed E-state index contributed by atoms with van der Waals surface area (Å²) >= 11 is 0. The number of amides is 1. The standard InChI is InChI=1S/C14H23N3O/c1-4-17(5-2)10-11(3)16-14(18)12-6-8-13(15)9-7-12/h6-9,11H,4-5,10,15H2,1-3H3,(H,16,18). The maximum atomic E-state index is 12.0. The Morgan fingerprint density at radius 1 is 1.28 bits per heavy atom. The van der Waals surface area contributed by atoms with Crippen molar-refractivity contribution < 1.29 is 4.79 Å². The van der Waals surface area contributed by atoms with Gasteiger partial charge in [-0.2, -0.15) is 0 Å². The van der Waals surface area contributed by atoms with Gasteiger partial charge in [-0.25, -0.2) is 0 Å². The predicted molar refractivity (Wildman–Crippen MR) is 75.6 cm³/mol. The van der Waals surface area contributed by atoms with Crippen LogP contribution in [-0.4, -0.2) is 36.5 Å². The van der Waals surface area contributed by atoms with Crippen LogP contribution in [0.5, 0.6) is 0 Å². The average Bonchev–Trinajstić information content (AvgIpc) is 2.36. The third kappa shape index (κ3) is 4.37. The van der Waals surface area contributed by atoms with Crippen LogP contribution in [0, 0.1) is 0 Å². The quantitative estimate of drug-likeness (QED) is 0.755. The fourth-order valence-electron chi connectivity index (χ4n) is 1.86. The van der Waals surface area contributed by atoms with Gasteiger partial charge in [-0.05, 0) is 44.3 Å². The molecule has 1 amide bonds. The van der Waals surface area contributed by atoms with Crippen LogP contribution < -0.4 is 11.1 Å². The second-order valence-electron chi connectivity index (χ2n) is 4.48. The van der Waals surface area contributed by atoms with Gasteiger partial charge in [0.15, 0.2) is 0 Å². The molecule has 0 aliphatic carbocycles. The third-order valence-corrected chi connectivity index (χ3v) is 2.98. The molecule has 100 valence electrons. The molecular weight excluding hydrogens is 226 g/mol.